The standard InChI is InChI=1S/C28H22F2N4O8S/c1-33-11-10-24(36)34(28(33)40)19-6-2-16(3-7-19)12-23(27(38)39)31-26(37)25-21(29)13-18(14-22(25)30)32-43(41,42)20-8-4-17(15-35)5-9-20/h2-11,13-15,23,32H,12H2,1H3,(H,31,37)(H,38,39)/t23-/m0/s1. The molecule has 0 radical (unpaired) electrons. The molecule has 0 saturated heterocycles. The van der Waals surface area contributed by atoms with E-state index < -0.39 is 62.1 Å². The second-order valence-corrected chi connectivity index (χ2v) is 10.9. The number of hydrogen-bond donors (Lipinski definition) is 3. The summed E-state index contributed by atoms with van der Waals surface area (Å²) >= 11 is 0. The van der Waals surface area contributed by atoms with Crippen LogP contribution in [-0.4, -0.2) is 46.9 Å². The Kier molecular flexibility index (Phi) is 8.66. The first-order valence-electron chi connectivity index (χ1n) is 12.3. The van der Waals surface area contributed by atoms with Crippen LogP contribution in [0.5, 0.6) is 0 Å². The van der Waals surface area contributed by atoms with Gasteiger partial charge in [0, 0.05) is 31.3 Å². The van der Waals surface area contributed by atoms with E-state index in [2.05, 4.69) is 0 Å². The Labute approximate surface area is 241 Å². The monoisotopic (exact) mass is 612 g/mol. The minimum atomic E-state index is -4.31. The number of hydrogen-bond acceptors (Lipinski definition) is 7. The van der Waals surface area contributed by atoms with E-state index in [-0.39, 0.29) is 22.6 Å². The van der Waals surface area contributed by atoms with Crippen molar-refractivity contribution in [2.45, 2.75) is 17.4 Å². The zero-order valence-electron chi connectivity index (χ0n) is 22.2. The van der Waals surface area contributed by atoms with Crippen molar-refractivity contribution in [3.05, 3.63) is 122 Å². The molecule has 0 bridgehead atoms. The maximum absolute atomic E-state index is 14.8. The van der Waals surface area contributed by atoms with E-state index in [1.54, 1.807) is 0 Å². The summed E-state index contributed by atoms with van der Waals surface area (Å²) in [7, 11) is -2.85. The normalized spacial score (nSPS) is 11.9. The van der Waals surface area contributed by atoms with E-state index in [0.29, 0.717) is 24.0 Å². The molecule has 12 nitrogen and oxygen atoms in total. The van der Waals surface area contributed by atoms with Crippen LogP contribution in [0.25, 0.3) is 5.69 Å². The van der Waals surface area contributed by atoms with Crippen molar-refractivity contribution in [3.63, 3.8) is 0 Å². The second-order valence-electron chi connectivity index (χ2n) is 9.22. The molecule has 0 aliphatic heterocycles. The number of carboxylic acid groups (broad SMARTS) is 1. The van der Waals surface area contributed by atoms with Crippen LogP contribution in [0.1, 0.15) is 26.3 Å². The summed E-state index contributed by atoms with van der Waals surface area (Å²) in [5, 5.41) is 11.7. The lowest BCUT2D eigenvalue weighted by Crippen LogP contribution is -2.43. The molecule has 1 amide bonds. The fraction of sp³-hybridized carbons (Fsp3) is 0.107. The average molecular weight is 613 g/mol. The molecule has 43 heavy (non-hydrogen) atoms. The largest absolute Gasteiger partial charge is 0.480 e. The van der Waals surface area contributed by atoms with Gasteiger partial charge in [-0.15, -0.1) is 0 Å². The van der Waals surface area contributed by atoms with Crippen LogP contribution in [0.2, 0.25) is 0 Å². The number of carbonyl (C=O) groups excluding carboxylic acids is 2. The molecule has 1 atom stereocenters. The summed E-state index contributed by atoms with van der Waals surface area (Å²) in [6.45, 7) is 0. The highest BCUT2D eigenvalue weighted by Crippen LogP contribution is 2.22. The Morgan fingerprint density at radius 2 is 1.58 bits per heavy atom. The van der Waals surface area contributed by atoms with E-state index >= 15 is 0 Å². The third-order valence-corrected chi connectivity index (χ3v) is 7.64. The number of aliphatic carboxylic acids is 1. The molecule has 0 spiro atoms. The molecule has 3 N–H and O–H groups in total. The predicted octanol–water partition coefficient (Wildman–Crippen LogP) is 1.85. The lowest BCUT2D eigenvalue weighted by atomic mass is 10.0. The molecule has 1 aromatic heterocycles. The molecular weight excluding hydrogens is 590 g/mol. The van der Waals surface area contributed by atoms with Crippen LogP contribution in [0.3, 0.4) is 0 Å². The molecule has 15 heteroatoms. The van der Waals surface area contributed by atoms with Crippen molar-refractivity contribution in [1.29, 1.82) is 0 Å². The van der Waals surface area contributed by atoms with Gasteiger partial charge >= 0.3 is 11.7 Å². The van der Waals surface area contributed by atoms with Gasteiger partial charge in [0.15, 0.2) is 0 Å². The smallest absolute Gasteiger partial charge is 0.335 e. The lowest BCUT2D eigenvalue weighted by molar-refractivity contribution is -0.139. The number of nitrogens with zero attached hydrogens (tertiary/aromatic N) is 2. The number of anilines is 1. The van der Waals surface area contributed by atoms with Gasteiger partial charge in [0.25, 0.3) is 21.5 Å². The van der Waals surface area contributed by atoms with Crippen LogP contribution in [0, 0.1) is 11.6 Å². The SMILES string of the molecule is Cn1ccc(=O)n(-c2ccc(C[C@H](NC(=O)c3c(F)cc(NS(=O)(=O)c4ccc(C=O)cc4)cc3F)C(=O)O)cc2)c1=O. The Balaban J connectivity index is 1.51. The quantitative estimate of drug-likeness (QED) is 0.228. The van der Waals surface area contributed by atoms with Gasteiger partial charge in [0.2, 0.25) is 0 Å². The average Bonchev–Trinajstić information content (AvgIpc) is 2.95. The number of carboxylic acids is 1. The molecule has 0 aliphatic carbocycles. The van der Waals surface area contributed by atoms with E-state index in [1.165, 1.54) is 60.3 Å². The molecular formula is C28H22F2N4O8S. The first-order chi connectivity index (χ1) is 20.3. The molecule has 4 aromatic rings. The first-order valence-corrected chi connectivity index (χ1v) is 13.8. The minimum Gasteiger partial charge on any atom is -0.480 e. The minimum absolute atomic E-state index is 0.208. The fourth-order valence-corrected chi connectivity index (χ4v) is 5.08. The number of rotatable bonds is 10. The molecule has 0 aliphatic rings. The van der Waals surface area contributed by atoms with Crippen LogP contribution in [-0.2, 0) is 28.3 Å². The lowest BCUT2D eigenvalue weighted by Gasteiger charge is -2.16. The summed E-state index contributed by atoms with van der Waals surface area (Å²) in [6.07, 6.45) is 1.49. The molecule has 0 fully saturated rings. The number of nitrogens with one attached hydrogen (secondary N) is 2. The second kappa shape index (κ2) is 12.2. The molecule has 222 valence electrons. The van der Waals surface area contributed by atoms with Gasteiger partial charge in [0.05, 0.1) is 16.3 Å². The van der Waals surface area contributed by atoms with Crippen LogP contribution in [0.15, 0.2) is 87.4 Å². The predicted molar refractivity (Wildman–Crippen MR) is 149 cm³/mol. The third-order valence-electron chi connectivity index (χ3n) is 6.24. The van der Waals surface area contributed by atoms with Crippen molar-refractivity contribution in [2.24, 2.45) is 7.05 Å². The fourth-order valence-electron chi connectivity index (χ4n) is 4.04. The van der Waals surface area contributed by atoms with Crippen molar-refractivity contribution < 1.29 is 36.7 Å². The number of aromatic nitrogens is 2. The van der Waals surface area contributed by atoms with Crippen LogP contribution in [0.4, 0.5) is 14.5 Å². The number of carbonyl (C=O) groups is 3. The number of sulfonamides is 1. The summed E-state index contributed by atoms with van der Waals surface area (Å²) in [5.41, 5.74) is -2.10. The topological polar surface area (TPSA) is 174 Å². The Hall–Kier alpha value is -5.44. The molecule has 0 saturated carbocycles. The highest BCUT2D eigenvalue weighted by Gasteiger charge is 2.26. The van der Waals surface area contributed by atoms with Crippen molar-refractivity contribution in [1.82, 2.24) is 14.5 Å². The highest BCUT2D eigenvalue weighted by molar-refractivity contribution is 7.92. The van der Waals surface area contributed by atoms with Crippen LogP contribution >= 0.6 is 0 Å². The van der Waals surface area contributed by atoms with Gasteiger partial charge in [0.1, 0.15) is 29.5 Å². The van der Waals surface area contributed by atoms with Gasteiger partial charge in [-0.2, -0.15) is 0 Å². The molecule has 1 heterocycles. The Morgan fingerprint density at radius 1 is 0.977 bits per heavy atom. The maximum atomic E-state index is 14.8. The van der Waals surface area contributed by atoms with Crippen molar-refractivity contribution >= 4 is 33.9 Å². The van der Waals surface area contributed by atoms with Gasteiger partial charge < -0.3 is 15.0 Å². The summed E-state index contributed by atoms with van der Waals surface area (Å²) < 4.78 is 58.9. The number of amides is 1. The van der Waals surface area contributed by atoms with Crippen molar-refractivity contribution in [2.75, 3.05) is 4.72 Å². The van der Waals surface area contributed by atoms with Gasteiger partial charge in [-0.3, -0.25) is 19.1 Å². The first kappa shape index (κ1) is 30.5. The summed E-state index contributed by atoms with van der Waals surface area (Å²) in [5.74, 6) is -5.85. The Morgan fingerprint density at radius 3 is 2.14 bits per heavy atom. The van der Waals surface area contributed by atoms with Gasteiger partial charge in [-0.25, -0.2) is 31.4 Å². The Bertz CT molecular complexity index is 1930. The number of benzene rings is 3. The molecule has 4 rings (SSSR count). The number of aryl methyl sites for hydroxylation is 1. The third kappa shape index (κ3) is 6.73. The highest BCUT2D eigenvalue weighted by atomic mass is 32.2. The van der Waals surface area contributed by atoms with E-state index in [0.717, 1.165) is 16.7 Å². The zero-order chi connectivity index (χ0) is 31.5. The number of halogens is 2. The van der Waals surface area contributed by atoms with E-state index in [1.807, 2.05) is 10.0 Å². The zero-order valence-corrected chi connectivity index (χ0v) is 23.0. The van der Waals surface area contributed by atoms with Crippen molar-refractivity contribution in [3.8, 4) is 5.69 Å². The summed E-state index contributed by atoms with van der Waals surface area (Å²) in [4.78, 5) is 59.5. The molecule has 3 aromatic carbocycles. The maximum Gasteiger partial charge on any atom is 0.335 e. The van der Waals surface area contributed by atoms with E-state index in [9.17, 15) is 46.3 Å². The van der Waals surface area contributed by atoms with Gasteiger partial charge in [-0.1, -0.05) is 24.3 Å². The van der Waals surface area contributed by atoms with E-state index in [4.69, 9.17) is 0 Å². The van der Waals surface area contributed by atoms with Gasteiger partial charge in [-0.05, 0) is 42.0 Å². The number of aldehydes is 1. The van der Waals surface area contributed by atoms with Crippen LogP contribution < -0.4 is 21.3 Å². The molecule has 0 unspecified atom stereocenters. The summed E-state index contributed by atoms with van der Waals surface area (Å²) in [6, 6.07) is 11.0.